The van der Waals surface area contributed by atoms with Gasteiger partial charge in [0, 0.05) is 24.5 Å². The molecule has 6 N–H and O–H groups in total. The van der Waals surface area contributed by atoms with Crippen LogP contribution in [0.15, 0.2) is 63.2 Å². The summed E-state index contributed by atoms with van der Waals surface area (Å²) in [5.41, 5.74) is 13.4. The SMILES string of the molecule is CC(C)CN(CC(O)C(Cc1ccccc1)NC(=O)Cc1csc(N)n1)S(=O)(=O)c1ccc2nc(N)oc2c1. The number of hydrogen-bond donors (Lipinski definition) is 4. The number of nitrogens with zero attached hydrogens (tertiary/aromatic N) is 3. The van der Waals surface area contributed by atoms with Gasteiger partial charge in [-0.25, -0.2) is 13.4 Å². The highest BCUT2D eigenvalue weighted by atomic mass is 32.2. The molecule has 0 fully saturated rings. The standard InChI is InChI=1S/C26H32N6O5S2/c1-16(2)13-32(39(35,36)19-8-9-20-23(12-19)37-25(27)31-20)14-22(33)21(10-17-6-4-3-5-7-17)30-24(34)11-18-15-38-26(28)29-18/h3-9,12,15-16,21-22,33H,10-11,13-14H2,1-2H3,(H2,27,31)(H2,28,29)(H,30,34). The van der Waals surface area contributed by atoms with Gasteiger partial charge in [0.2, 0.25) is 15.9 Å². The van der Waals surface area contributed by atoms with Crippen LogP contribution in [0, 0.1) is 5.92 Å². The van der Waals surface area contributed by atoms with Gasteiger partial charge in [0.25, 0.3) is 6.01 Å². The van der Waals surface area contributed by atoms with Crippen LogP contribution in [0.5, 0.6) is 0 Å². The lowest BCUT2D eigenvalue weighted by Gasteiger charge is -2.30. The van der Waals surface area contributed by atoms with Crippen LogP contribution in [0.2, 0.25) is 0 Å². The summed E-state index contributed by atoms with van der Waals surface area (Å²) >= 11 is 1.24. The second-order valence-corrected chi connectivity index (χ2v) is 12.5. The number of nitrogens with two attached hydrogens (primary N) is 2. The van der Waals surface area contributed by atoms with Gasteiger partial charge in [0.15, 0.2) is 10.7 Å². The van der Waals surface area contributed by atoms with Crippen LogP contribution in [0.1, 0.15) is 25.1 Å². The van der Waals surface area contributed by atoms with Crippen LogP contribution in [-0.4, -0.2) is 58.9 Å². The van der Waals surface area contributed by atoms with Crippen LogP contribution >= 0.6 is 11.3 Å². The number of nitrogens with one attached hydrogen (secondary N) is 1. The number of amides is 1. The number of sulfonamides is 1. The Balaban J connectivity index is 1.58. The molecule has 2 aromatic heterocycles. The molecule has 2 atom stereocenters. The van der Waals surface area contributed by atoms with E-state index in [0.29, 0.717) is 22.8 Å². The summed E-state index contributed by atoms with van der Waals surface area (Å²) in [5, 5.41) is 16.3. The topological polar surface area (TPSA) is 178 Å². The monoisotopic (exact) mass is 572 g/mol. The normalized spacial score (nSPS) is 13.7. The third-order valence-corrected chi connectivity index (χ3v) is 8.54. The van der Waals surface area contributed by atoms with E-state index in [1.165, 1.54) is 33.8 Å². The smallest absolute Gasteiger partial charge is 0.292 e. The molecule has 11 nitrogen and oxygen atoms in total. The molecule has 13 heteroatoms. The zero-order valence-electron chi connectivity index (χ0n) is 21.6. The van der Waals surface area contributed by atoms with E-state index in [-0.39, 0.29) is 47.8 Å². The number of aromatic nitrogens is 2. The van der Waals surface area contributed by atoms with Crippen molar-refractivity contribution in [2.75, 3.05) is 24.6 Å². The first kappa shape index (κ1) is 28.5. The molecule has 4 aromatic rings. The predicted octanol–water partition coefficient (Wildman–Crippen LogP) is 2.43. The second kappa shape index (κ2) is 12.1. The Morgan fingerprint density at radius 3 is 2.54 bits per heavy atom. The summed E-state index contributed by atoms with van der Waals surface area (Å²) in [4.78, 5) is 21.0. The second-order valence-electron chi connectivity index (χ2n) is 9.68. The quantitative estimate of drug-likeness (QED) is 0.198. The molecule has 0 spiro atoms. The third kappa shape index (κ3) is 7.32. The van der Waals surface area contributed by atoms with Crippen LogP contribution in [0.3, 0.4) is 0 Å². The minimum atomic E-state index is -4.04. The van der Waals surface area contributed by atoms with E-state index in [1.807, 2.05) is 44.2 Å². The molecule has 1 amide bonds. The molecule has 0 aliphatic heterocycles. The third-order valence-electron chi connectivity index (χ3n) is 5.99. The summed E-state index contributed by atoms with van der Waals surface area (Å²) in [5.74, 6) is -0.388. The van der Waals surface area contributed by atoms with Gasteiger partial charge >= 0.3 is 0 Å². The fraction of sp³-hybridized carbons (Fsp3) is 0.346. The van der Waals surface area contributed by atoms with Crippen molar-refractivity contribution < 1.29 is 22.7 Å². The van der Waals surface area contributed by atoms with E-state index >= 15 is 0 Å². The predicted molar refractivity (Wildman–Crippen MR) is 150 cm³/mol. The highest BCUT2D eigenvalue weighted by Gasteiger charge is 2.32. The lowest BCUT2D eigenvalue weighted by Crippen LogP contribution is -2.51. The van der Waals surface area contributed by atoms with Crippen molar-refractivity contribution in [1.82, 2.24) is 19.6 Å². The Bertz CT molecular complexity index is 1520. The van der Waals surface area contributed by atoms with Crippen molar-refractivity contribution in [2.24, 2.45) is 5.92 Å². The Morgan fingerprint density at radius 1 is 1.13 bits per heavy atom. The lowest BCUT2D eigenvalue weighted by molar-refractivity contribution is -0.122. The number of thiazole rings is 1. The van der Waals surface area contributed by atoms with Crippen molar-refractivity contribution in [3.8, 4) is 0 Å². The number of aliphatic hydroxyl groups excluding tert-OH is 1. The molecule has 0 saturated heterocycles. The van der Waals surface area contributed by atoms with Crippen LogP contribution < -0.4 is 16.8 Å². The number of fused-ring (bicyclic) bond motifs is 1. The molecule has 208 valence electrons. The highest BCUT2D eigenvalue weighted by molar-refractivity contribution is 7.89. The van der Waals surface area contributed by atoms with E-state index in [4.69, 9.17) is 15.9 Å². The number of hydrogen-bond acceptors (Lipinski definition) is 10. The van der Waals surface area contributed by atoms with E-state index in [0.717, 1.165) is 5.56 Å². The zero-order chi connectivity index (χ0) is 28.2. The first-order valence-electron chi connectivity index (χ1n) is 12.4. The van der Waals surface area contributed by atoms with Gasteiger partial charge < -0.3 is 26.3 Å². The Kier molecular flexibility index (Phi) is 8.85. The molecule has 39 heavy (non-hydrogen) atoms. The molecule has 0 bridgehead atoms. The van der Waals surface area contributed by atoms with Crippen molar-refractivity contribution >= 4 is 49.5 Å². The molecule has 0 aliphatic carbocycles. The zero-order valence-corrected chi connectivity index (χ0v) is 23.3. The number of benzene rings is 2. The molecule has 0 aliphatic rings. The summed E-state index contributed by atoms with van der Waals surface area (Å²) in [7, 11) is -4.04. The number of oxazole rings is 1. The highest BCUT2D eigenvalue weighted by Crippen LogP contribution is 2.25. The van der Waals surface area contributed by atoms with E-state index in [1.54, 1.807) is 5.38 Å². The number of aliphatic hydroxyl groups is 1. The van der Waals surface area contributed by atoms with Crippen LogP contribution in [0.25, 0.3) is 11.1 Å². The lowest BCUT2D eigenvalue weighted by atomic mass is 10.0. The molecule has 0 radical (unpaired) electrons. The van der Waals surface area contributed by atoms with E-state index in [9.17, 15) is 18.3 Å². The average Bonchev–Trinajstić information content (AvgIpc) is 3.46. The first-order chi connectivity index (χ1) is 18.5. The Morgan fingerprint density at radius 2 is 1.87 bits per heavy atom. The summed E-state index contributed by atoms with van der Waals surface area (Å²) in [6, 6.07) is 12.9. The molecule has 2 aromatic carbocycles. The van der Waals surface area contributed by atoms with E-state index in [2.05, 4.69) is 15.3 Å². The van der Waals surface area contributed by atoms with Crippen molar-refractivity contribution in [1.29, 1.82) is 0 Å². The fourth-order valence-electron chi connectivity index (χ4n) is 4.22. The summed E-state index contributed by atoms with van der Waals surface area (Å²) < 4.78 is 34.0. The molecule has 4 rings (SSSR count). The number of carbonyl (C=O) groups excluding carboxylic acids is 1. The largest absolute Gasteiger partial charge is 0.424 e. The van der Waals surface area contributed by atoms with Crippen molar-refractivity contribution in [2.45, 2.75) is 43.7 Å². The maximum absolute atomic E-state index is 13.7. The van der Waals surface area contributed by atoms with Gasteiger partial charge in [-0.15, -0.1) is 11.3 Å². The van der Waals surface area contributed by atoms with Gasteiger partial charge in [-0.2, -0.15) is 9.29 Å². The Hall–Kier alpha value is -3.52. The van der Waals surface area contributed by atoms with Crippen molar-refractivity contribution in [3.05, 3.63) is 65.2 Å². The van der Waals surface area contributed by atoms with Gasteiger partial charge in [0.1, 0.15) is 5.52 Å². The van der Waals surface area contributed by atoms with E-state index < -0.39 is 22.2 Å². The number of anilines is 2. The minimum Gasteiger partial charge on any atom is -0.424 e. The maximum atomic E-state index is 13.7. The molecule has 2 heterocycles. The molecular formula is C26H32N6O5S2. The fourth-order valence-corrected chi connectivity index (χ4v) is 6.42. The summed E-state index contributed by atoms with van der Waals surface area (Å²) in [6.45, 7) is 3.69. The van der Waals surface area contributed by atoms with Gasteiger partial charge in [-0.1, -0.05) is 44.2 Å². The molecular weight excluding hydrogens is 540 g/mol. The maximum Gasteiger partial charge on any atom is 0.292 e. The Labute approximate surface area is 230 Å². The number of carbonyl (C=O) groups is 1. The number of nitrogen functional groups attached to an aromatic ring is 2. The van der Waals surface area contributed by atoms with Crippen molar-refractivity contribution in [3.63, 3.8) is 0 Å². The van der Waals surface area contributed by atoms with Gasteiger partial charge in [0.05, 0.1) is 29.2 Å². The average molecular weight is 573 g/mol. The van der Waals surface area contributed by atoms with Crippen LogP contribution in [0.4, 0.5) is 11.1 Å². The number of rotatable bonds is 12. The molecule has 2 unspecified atom stereocenters. The summed E-state index contributed by atoms with van der Waals surface area (Å²) in [6.07, 6.45) is -0.931. The van der Waals surface area contributed by atoms with Gasteiger partial charge in [-0.3, -0.25) is 4.79 Å². The minimum absolute atomic E-state index is 0.0104. The first-order valence-corrected chi connectivity index (χ1v) is 14.7. The molecule has 0 saturated carbocycles. The van der Waals surface area contributed by atoms with Gasteiger partial charge in [-0.05, 0) is 30.0 Å². The van der Waals surface area contributed by atoms with Crippen LogP contribution in [-0.2, 0) is 27.7 Å².